The third kappa shape index (κ3) is 1.12. The van der Waals surface area contributed by atoms with E-state index in [9.17, 15) is 5.26 Å². The second kappa shape index (κ2) is 3.50. The summed E-state index contributed by atoms with van der Waals surface area (Å²) < 4.78 is 11.1. The maximum absolute atomic E-state index is 9.40. The minimum absolute atomic E-state index is 0.121. The molecule has 0 aromatic carbocycles. The van der Waals surface area contributed by atoms with Crippen molar-refractivity contribution in [2.24, 2.45) is 5.73 Å². The molecule has 18 heavy (non-hydrogen) atoms. The maximum Gasteiger partial charge on any atom is 0.244 e. The van der Waals surface area contributed by atoms with Crippen molar-refractivity contribution in [1.82, 2.24) is 10.2 Å². The first-order valence-electron chi connectivity index (χ1n) is 5.86. The van der Waals surface area contributed by atoms with Crippen molar-refractivity contribution in [3.05, 3.63) is 22.7 Å². The molecule has 0 saturated carbocycles. The number of nitriles is 1. The van der Waals surface area contributed by atoms with Gasteiger partial charge in [0.2, 0.25) is 11.8 Å². The molecule has 1 fully saturated rings. The van der Waals surface area contributed by atoms with Crippen LogP contribution in [0.3, 0.4) is 0 Å². The van der Waals surface area contributed by atoms with Gasteiger partial charge in [0.15, 0.2) is 0 Å². The Labute approximate surface area is 104 Å². The highest BCUT2D eigenvalue weighted by Gasteiger charge is 2.53. The number of hydrogen-bond donors (Lipinski definition) is 2. The van der Waals surface area contributed by atoms with Crippen molar-refractivity contribution in [1.29, 1.82) is 5.26 Å². The number of aromatic amines is 1. The number of ether oxygens (including phenoxy) is 2. The van der Waals surface area contributed by atoms with Crippen molar-refractivity contribution in [2.75, 3.05) is 6.61 Å². The van der Waals surface area contributed by atoms with E-state index in [0.717, 1.165) is 11.3 Å². The first-order valence-corrected chi connectivity index (χ1v) is 5.86. The zero-order valence-electron chi connectivity index (χ0n) is 10.3. The molecule has 2 aliphatic rings. The van der Waals surface area contributed by atoms with E-state index >= 15 is 0 Å². The predicted molar refractivity (Wildman–Crippen MR) is 62.5 cm³/mol. The van der Waals surface area contributed by atoms with Crippen LogP contribution in [0.5, 0.6) is 5.88 Å². The fourth-order valence-electron chi connectivity index (χ4n) is 3.06. The maximum atomic E-state index is 9.40. The molecule has 3 rings (SSSR count). The van der Waals surface area contributed by atoms with E-state index in [1.165, 1.54) is 0 Å². The molecule has 0 amide bonds. The van der Waals surface area contributed by atoms with Gasteiger partial charge in [-0.3, -0.25) is 5.10 Å². The SMILES string of the molecule is Cc1[nH]nc2c1[C@@]1(CCO[C@@H]1C)C(C#N)=C(N)O2. The van der Waals surface area contributed by atoms with Gasteiger partial charge in [0.05, 0.1) is 17.1 Å². The van der Waals surface area contributed by atoms with E-state index in [1.54, 1.807) is 0 Å². The molecule has 1 saturated heterocycles. The van der Waals surface area contributed by atoms with Crippen LogP contribution in [-0.4, -0.2) is 22.9 Å². The Kier molecular flexibility index (Phi) is 2.16. The first kappa shape index (κ1) is 11.1. The van der Waals surface area contributed by atoms with Gasteiger partial charge in [-0.2, -0.15) is 5.26 Å². The Morgan fingerprint density at radius 1 is 1.61 bits per heavy atom. The van der Waals surface area contributed by atoms with E-state index in [4.69, 9.17) is 15.2 Å². The van der Waals surface area contributed by atoms with E-state index < -0.39 is 5.41 Å². The Bertz CT molecular complexity index is 583. The first-order chi connectivity index (χ1) is 8.61. The Hall–Kier alpha value is -2.00. The van der Waals surface area contributed by atoms with Crippen molar-refractivity contribution in [3.63, 3.8) is 0 Å². The molecule has 0 aliphatic carbocycles. The normalized spacial score (nSPS) is 30.2. The molecule has 0 unspecified atom stereocenters. The summed E-state index contributed by atoms with van der Waals surface area (Å²) in [7, 11) is 0. The number of aromatic nitrogens is 2. The fourth-order valence-corrected chi connectivity index (χ4v) is 3.06. The zero-order chi connectivity index (χ0) is 12.9. The molecule has 6 heteroatoms. The zero-order valence-corrected chi connectivity index (χ0v) is 10.3. The number of rotatable bonds is 0. The molecule has 94 valence electrons. The highest BCUT2D eigenvalue weighted by Crippen LogP contribution is 2.51. The molecule has 2 aliphatic heterocycles. The average molecular weight is 246 g/mol. The third-order valence-electron chi connectivity index (χ3n) is 3.93. The summed E-state index contributed by atoms with van der Waals surface area (Å²) in [5.74, 6) is 0.593. The fraction of sp³-hybridized carbons (Fsp3) is 0.500. The van der Waals surface area contributed by atoms with E-state index in [0.29, 0.717) is 24.5 Å². The van der Waals surface area contributed by atoms with Crippen LogP contribution in [0, 0.1) is 18.3 Å². The van der Waals surface area contributed by atoms with Crippen LogP contribution in [0.25, 0.3) is 0 Å². The summed E-state index contributed by atoms with van der Waals surface area (Å²) in [5.41, 5.74) is 7.57. The van der Waals surface area contributed by atoms with Crippen molar-refractivity contribution < 1.29 is 9.47 Å². The Balaban J connectivity index is 2.31. The smallest absolute Gasteiger partial charge is 0.244 e. The second-order valence-electron chi connectivity index (χ2n) is 4.72. The van der Waals surface area contributed by atoms with Crippen LogP contribution in [0.2, 0.25) is 0 Å². The van der Waals surface area contributed by atoms with Gasteiger partial charge in [-0.25, -0.2) is 0 Å². The quantitative estimate of drug-likeness (QED) is 0.707. The van der Waals surface area contributed by atoms with Crippen molar-refractivity contribution in [2.45, 2.75) is 31.8 Å². The van der Waals surface area contributed by atoms with Crippen LogP contribution in [0.1, 0.15) is 24.6 Å². The van der Waals surface area contributed by atoms with Gasteiger partial charge in [0.25, 0.3) is 0 Å². The van der Waals surface area contributed by atoms with Crippen molar-refractivity contribution >= 4 is 0 Å². The lowest BCUT2D eigenvalue weighted by molar-refractivity contribution is 0.0996. The van der Waals surface area contributed by atoms with Gasteiger partial charge < -0.3 is 15.2 Å². The van der Waals surface area contributed by atoms with Crippen LogP contribution in [-0.2, 0) is 10.2 Å². The largest absolute Gasteiger partial charge is 0.420 e. The number of aryl methyl sites for hydroxylation is 1. The van der Waals surface area contributed by atoms with Crippen LogP contribution in [0.4, 0.5) is 0 Å². The number of nitrogens with two attached hydrogens (primary N) is 1. The Morgan fingerprint density at radius 2 is 2.39 bits per heavy atom. The summed E-state index contributed by atoms with van der Waals surface area (Å²) in [4.78, 5) is 0. The predicted octanol–water partition coefficient (Wildman–Crippen LogP) is 0.851. The molecule has 3 N–H and O–H groups in total. The van der Waals surface area contributed by atoms with Crippen LogP contribution in [0.15, 0.2) is 11.5 Å². The lowest BCUT2D eigenvalue weighted by Crippen LogP contribution is -2.41. The van der Waals surface area contributed by atoms with E-state index in [2.05, 4.69) is 16.3 Å². The molecular formula is C12H14N4O2. The minimum atomic E-state index is -0.524. The summed E-state index contributed by atoms with van der Waals surface area (Å²) in [6.45, 7) is 4.47. The van der Waals surface area contributed by atoms with Crippen molar-refractivity contribution in [3.8, 4) is 11.9 Å². The second-order valence-corrected chi connectivity index (χ2v) is 4.72. The van der Waals surface area contributed by atoms with Gasteiger partial charge in [0.1, 0.15) is 11.6 Å². The number of H-pyrrole nitrogens is 1. The minimum Gasteiger partial charge on any atom is -0.420 e. The van der Waals surface area contributed by atoms with Gasteiger partial charge in [-0.05, 0) is 20.3 Å². The molecule has 3 heterocycles. The summed E-state index contributed by atoms with van der Waals surface area (Å²) in [5, 5.41) is 16.4. The number of fused-ring (bicyclic) bond motifs is 2. The highest BCUT2D eigenvalue weighted by atomic mass is 16.5. The van der Waals surface area contributed by atoms with E-state index in [-0.39, 0.29) is 12.0 Å². The summed E-state index contributed by atoms with van der Waals surface area (Å²) in [6, 6.07) is 2.18. The lowest BCUT2D eigenvalue weighted by Gasteiger charge is -2.35. The molecular weight excluding hydrogens is 232 g/mol. The highest BCUT2D eigenvalue weighted by molar-refractivity contribution is 5.55. The standard InChI is InChI=1S/C12H14N4O2/c1-6-9-11(16-15-6)18-10(14)8(5-13)12(9)3-4-17-7(12)2/h7H,3-4,14H2,1-2H3,(H,15,16)/t7-,12-/m1/s1. The molecule has 6 nitrogen and oxygen atoms in total. The third-order valence-corrected chi connectivity index (χ3v) is 3.93. The average Bonchev–Trinajstić information content (AvgIpc) is 2.86. The topological polar surface area (TPSA) is 97.0 Å². The van der Waals surface area contributed by atoms with Crippen LogP contribution < -0.4 is 10.5 Å². The molecule has 0 bridgehead atoms. The number of nitrogens with zero attached hydrogens (tertiary/aromatic N) is 2. The van der Waals surface area contributed by atoms with E-state index in [1.807, 2.05) is 13.8 Å². The number of hydrogen-bond acceptors (Lipinski definition) is 5. The Morgan fingerprint density at radius 3 is 3.00 bits per heavy atom. The molecule has 1 aromatic rings. The van der Waals surface area contributed by atoms with Crippen LogP contribution >= 0.6 is 0 Å². The molecule has 0 radical (unpaired) electrons. The number of nitrogens with one attached hydrogen (secondary N) is 1. The van der Waals surface area contributed by atoms with Gasteiger partial charge in [-0.15, -0.1) is 5.10 Å². The molecule has 2 atom stereocenters. The van der Waals surface area contributed by atoms with Gasteiger partial charge >= 0.3 is 0 Å². The van der Waals surface area contributed by atoms with Gasteiger partial charge in [0, 0.05) is 12.3 Å². The summed E-state index contributed by atoms with van der Waals surface area (Å²) in [6.07, 6.45) is 0.596. The molecule has 1 aromatic heterocycles. The van der Waals surface area contributed by atoms with Gasteiger partial charge in [-0.1, -0.05) is 0 Å². The summed E-state index contributed by atoms with van der Waals surface area (Å²) >= 11 is 0. The molecule has 1 spiro atoms. The monoisotopic (exact) mass is 246 g/mol. The lowest BCUT2D eigenvalue weighted by atomic mass is 9.69.